The Labute approximate surface area is 141 Å². The van der Waals surface area contributed by atoms with Crippen molar-refractivity contribution in [2.75, 3.05) is 13.2 Å². The number of benzene rings is 2. The van der Waals surface area contributed by atoms with Crippen LogP contribution < -0.4 is 4.74 Å². The van der Waals surface area contributed by atoms with E-state index in [0.717, 1.165) is 5.56 Å². The van der Waals surface area contributed by atoms with Crippen LogP contribution in [0.2, 0.25) is 5.02 Å². The molecule has 0 aliphatic carbocycles. The summed E-state index contributed by atoms with van der Waals surface area (Å²) in [6.07, 6.45) is 0. The van der Waals surface area contributed by atoms with E-state index in [9.17, 15) is 9.90 Å². The molecule has 0 atom stereocenters. The zero-order chi connectivity index (χ0) is 16.8. The highest BCUT2D eigenvalue weighted by atomic mass is 35.5. The van der Waals surface area contributed by atoms with Crippen molar-refractivity contribution in [3.8, 4) is 11.5 Å². The number of phenolic OH excluding ortho intramolecular Hbond substituents is 1. The third kappa shape index (κ3) is 4.17. The van der Waals surface area contributed by atoms with Gasteiger partial charge in [-0.2, -0.15) is 0 Å². The molecule has 0 spiro atoms. The van der Waals surface area contributed by atoms with Gasteiger partial charge in [0.05, 0.1) is 11.6 Å². The average molecular weight is 334 g/mol. The van der Waals surface area contributed by atoms with Crippen molar-refractivity contribution in [3.05, 3.63) is 58.6 Å². The molecule has 0 radical (unpaired) electrons. The summed E-state index contributed by atoms with van der Waals surface area (Å²) in [5, 5.41) is 9.99. The fraction of sp³-hybridized carbons (Fsp3) is 0.278. The van der Waals surface area contributed by atoms with Crippen molar-refractivity contribution in [3.63, 3.8) is 0 Å². The first kappa shape index (κ1) is 17.2. The maximum absolute atomic E-state index is 12.7. The van der Waals surface area contributed by atoms with Gasteiger partial charge in [-0.3, -0.25) is 4.79 Å². The molecule has 4 nitrogen and oxygen atoms in total. The average Bonchev–Trinajstić information content (AvgIpc) is 2.57. The molecule has 0 unspecified atom stereocenters. The molecule has 2 rings (SSSR count). The van der Waals surface area contributed by atoms with E-state index in [1.807, 2.05) is 37.3 Å². The van der Waals surface area contributed by atoms with Gasteiger partial charge in [-0.1, -0.05) is 41.9 Å². The highest BCUT2D eigenvalue weighted by Crippen LogP contribution is 2.35. The molecular formula is C18H20ClNO3. The topological polar surface area (TPSA) is 49.8 Å². The van der Waals surface area contributed by atoms with Gasteiger partial charge in [0, 0.05) is 18.7 Å². The summed E-state index contributed by atoms with van der Waals surface area (Å²) < 4.78 is 5.33. The lowest BCUT2D eigenvalue weighted by atomic mass is 10.1. The summed E-state index contributed by atoms with van der Waals surface area (Å²) in [5.74, 6) is -0.0745. The predicted octanol–water partition coefficient (Wildman–Crippen LogP) is 4.11. The number of rotatable bonds is 6. The molecule has 0 aliphatic rings. The SMILES string of the molecule is CCOc1cc(C(=O)N(CC)Cc2ccccc2)cc(Cl)c1O. The molecule has 0 saturated carbocycles. The van der Waals surface area contributed by atoms with Gasteiger partial charge in [0.2, 0.25) is 0 Å². The second kappa shape index (κ2) is 7.88. The number of halogens is 1. The smallest absolute Gasteiger partial charge is 0.254 e. The summed E-state index contributed by atoms with van der Waals surface area (Å²) in [6.45, 7) is 5.18. The fourth-order valence-electron chi connectivity index (χ4n) is 2.28. The van der Waals surface area contributed by atoms with Crippen molar-refractivity contribution >= 4 is 17.5 Å². The molecule has 122 valence electrons. The lowest BCUT2D eigenvalue weighted by molar-refractivity contribution is 0.0752. The minimum atomic E-state index is -0.154. The van der Waals surface area contributed by atoms with Crippen LogP contribution in [0.25, 0.3) is 0 Å². The summed E-state index contributed by atoms with van der Waals surface area (Å²) >= 11 is 6.01. The molecule has 0 aromatic heterocycles. The van der Waals surface area contributed by atoms with Crippen molar-refractivity contribution in [1.29, 1.82) is 0 Å². The second-order valence-corrected chi connectivity index (χ2v) is 5.45. The minimum Gasteiger partial charge on any atom is -0.503 e. The molecule has 0 aliphatic heterocycles. The Hall–Kier alpha value is -2.20. The number of carbonyl (C=O) groups excluding carboxylic acids is 1. The number of nitrogens with zero attached hydrogens (tertiary/aromatic N) is 1. The molecule has 0 fully saturated rings. The Morgan fingerprint density at radius 2 is 1.91 bits per heavy atom. The maximum atomic E-state index is 12.7. The molecule has 0 bridgehead atoms. The van der Waals surface area contributed by atoms with Gasteiger partial charge >= 0.3 is 0 Å². The fourth-order valence-corrected chi connectivity index (χ4v) is 2.49. The highest BCUT2D eigenvalue weighted by molar-refractivity contribution is 6.32. The Balaban J connectivity index is 2.27. The van der Waals surface area contributed by atoms with E-state index in [1.165, 1.54) is 12.1 Å². The number of aromatic hydroxyl groups is 1. The predicted molar refractivity (Wildman–Crippen MR) is 91.1 cm³/mol. The van der Waals surface area contributed by atoms with Crippen LogP contribution in [0.3, 0.4) is 0 Å². The van der Waals surface area contributed by atoms with Gasteiger partial charge in [-0.15, -0.1) is 0 Å². The molecule has 0 heterocycles. The van der Waals surface area contributed by atoms with E-state index in [1.54, 1.807) is 11.8 Å². The monoisotopic (exact) mass is 333 g/mol. The van der Waals surface area contributed by atoms with E-state index in [0.29, 0.717) is 25.3 Å². The lowest BCUT2D eigenvalue weighted by Gasteiger charge is -2.22. The van der Waals surface area contributed by atoms with Crippen LogP contribution in [-0.2, 0) is 6.54 Å². The Morgan fingerprint density at radius 1 is 1.22 bits per heavy atom. The van der Waals surface area contributed by atoms with Gasteiger partial charge in [0.15, 0.2) is 11.5 Å². The van der Waals surface area contributed by atoms with Crippen LogP contribution in [0.15, 0.2) is 42.5 Å². The van der Waals surface area contributed by atoms with Crippen molar-refractivity contribution in [2.24, 2.45) is 0 Å². The largest absolute Gasteiger partial charge is 0.503 e. The normalized spacial score (nSPS) is 10.4. The molecule has 0 saturated heterocycles. The van der Waals surface area contributed by atoms with Crippen molar-refractivity contribution in [2.45, 2.75) is 20.4 Å². The first-order valence-electron chi connectivity index (χ1n) is 7.55. The van der Waals surface area contributed by atoms with Crippen LogP contribution in [-0.4, -0.2) is 29.1 Å². The van der Waals surface area contributed by atoms with Gasteiger partial charge in [-0.25, -0.2) is 0 Å². The summed E-state index contributed by atoms with van der Waals surface area (Å²) in [4.78, 5) is 14.4. The first-order chi connectivity index (χ1) is 11.1. The van der Waals surface area contributed by atoms with Crippen LogP contribution >= 0.6 is 11.6 Å². The zero-order valence-corrected chi connectivity index (χ0v) is 14.0. The van der Waals surface area contributed by atoms with Crippen molar-refractivity contribution < 1.29 is 14.6 Å². The van der Waals surface area contributed by atoms with E-state index < -0.39 is 0 Å². The first-order valence-corrected chi connectivity index (χ1v) is 7.93. The van der Waals surface area contributed by atoms with Gasteiger partial charge < -0.3 is 14.7 Å². The number of hydrogen-bond donors (Lipinski definition) is 1. The van der Waals surface area contributed by atoms with Crippen LogP contribution in [0.4, 0.5) is 0 Å². The second-order valence-electron chi connectivity index (χ2n) is 5.04. The summed E-state index contributed by atoms with van der Waals surface area (Å²) in [7, 11) is 0. The minimum absolute atomic E-state index is 0.107. The number of amides is 1. The standard InChI is InChI=1S/C18H20ClNO3/c1-3-20(12-13-8-6-5-7-9-13)18(22)14-10-15(19)17(21)16(11-14)23-4-2/h5-11,21H,3-4,12H2,1-2H3. The molecule has 1 amide bonds. The molecule has 23 heavy (non-hydrogen) atoms. The van der Waals surface area contributed by atoms with Crippen molar-refractivity contribution in [1.82, 2.24) is 4.90 Å². The van der Waals surface area contributed by atoms with E-state index >= 15 is 0 Å². The third-order valence-corrected chi connectivity index (χ3v) is 3.75. The van der Waals surface area contributed by atoms with E-state index in [2.05, 4.69) is 0 Å². The maximum Gasteiger partial charge on any atom is 0.254 e. The summed E-state index contributed by atoms with van der Waals surface area (Å²) in [6, 6.07) is 12.8. The molecule has 2 aromatic carbocycles. The molecule has 1 N–H and O–H groups in total. The highest BCUT2D eigenvalue weighted by Gasteiger charge is 2.19. The zero-order valence-electron chi connectivity index (χ0n) is 13.3. The van der Waals surface area contributed by atoms with E-state index in [4.69, 9.17) is 16.3 Å². The van der Waals surface area contributed by atoms with Crippen LogP contribution in [0.1, 0.15) is 29.8 Å². The van der Waals surface area contributed by atoms with Gasteiger partial charge in [0.1, 0.15) is 0 Å². The summed E-state index contributed by atoms with van der Waals surface area (Å²) in [5.41, 5.74) is 1.45. The quantitative estimate of drug-likeness (QED) is 0.865. The van der Waals surface area contributed by atoms with Gasteiger partial charge in [-0.05, 0) is 31.5 Å². The number of phenols is 1. The molecule has 5 heteroatoms. The Morgan fingerprint density at radius 3 is 2.52 bits per heavy atom. The number of ether oxygens (including phenoxy) is 1. The van der Waals surface area contributed by atoms with Gasteiger partial charge in [0.25, 0.3) is 5.91 Å². The lowest BCUT2D eigenvalue weighted by Crippen LogP contribution is -2.30. The van der Waals surface area contributed by atoms with Crippen LogP contribution in [0.5, 0.6) is 11.5 Å². The number of carbonyl (C=O) groups is 1. The Kier molecular flexibility index (Phi) is 5.88. The Bertz CT molecular complexity index is 673. The third-order valence-electron chi connectivity index (χ3n) is 3.46. The van der Waals surface area contributed by atoms with E-state index in [-0.39, 0.29) is 22.4 Å². The van der Waals surface area contributed by atoms with Crippen LogP contribution in [0, 0.1) is 0 Å². The molecule has 2 aromatic rings. The number of hydrogen-bond acceptors (Lipinski definition) is 3. The molecular weight excluding hydrogens is 314 g/mol.